The summed E-state index contributed by atoms with van der Waals surface area (Å²) < 4.78 is 0. The van der Waals surface area contributed by atoms with Gasteiger partial charge < -0.3 is 19.8 Å². The molecule has 1 aromatic rings. The molecule has 0 aromatic heterocycles. The van der Waals surface area contributed by atoms with Gasteiger partial charge in [-0.2, -0.15) is 0 Å². The van der Waals surface area contributed by atoms with Crippen LogP contribution < -0.4 is 10.2 Å². The van der Waals surface area contributed by atoms with Gasteiger partial charge >= 0.3 is 27.3 Å². The van der Waals surface area contributed by atoms with Gasteiger partial charge in [0, 0.05) is 0 Å². The zero-order chi connectivity index (χ0) is 9.14. The average molecular weight is 277 g/mol. The van der Waals surface area contributed by atoms with E-state index >= 15 is 0 Å². The van der Waals surface area contributed by atoms with Crippen molar-refractivity contribution in [3.8, 4) is 0 Å². The Kier molecular flexibility index (Phi) is 4.60. The van der Waals surface area contributed by atoms with Gasteiger partial charge in [-0.1, -0.05) is 18.2 Å². The van der Waals surface area contributed by atoms with Gasteiger partial charge in [0.05, 0.1) is 11.9 Å². The van der Waals surface area contributed by atoms with Crippen LogP contribution in [-0.2, 0) is 27.3 Å². The van der Waals surface area contributed by atoms with Crippen LogP contribution in [0.15, 0.2) is 24.3 Å². The average Bonchev–Trinajstić information content (AvgIpc) is 2.04. The Hall–Kier alpha value is -0.918. The molecule has 0 aliphatic rings. The molecule has 0 aliphatic heterocycles. The van der Waals surface area contributed by atoms with Crippen LogP contribution in [0.4, 0.5) is 0 Å². The summed E-state index contributed by atoms with van der Waals surface area (Å²) in [5.74, 6) is -2.81. The van der Waals surface area contributed by atoms with E-state index in [9.17, 15) is 19.8 Å². The topological polar surface area (TPSA) is 80.3 Å². The van der Waals surface area contributed by atoms with Crippen molar-refractivity contribution in [3.63, 3.8) is 0 Å². The van der Waals surface area contributed by atoms with Crippen LogP contribution in [0.1, 0.15) is 20.7 Å². The predicted octanol–water partition coefficient (Wildman–Crippen LogP) is -1.59. The maximum absolute atomic E-state index is 10.3. The number of benzene rings is 1. The normalized spacial score (nSPS) is 8.62. The number of carboxylic acids is 2. The first kappa shape index (κ1) is 12.1. The molecule has 0 atom stereocenters. The molecule has 0 radical (unpaired) electrons. The van der Waals surface area contributed by atoms with Gasteiger partial charge in [0.1, 0.15) is 0 Å². The number of carbonyl (C=O) groups excluding carboxylic acids is 2. The van der Waals surface area contributed by atoms with Gasteiger partial charge in [-0.15, -0.1) is 0 Å². The molecule has 5 heteroatoms. The third-order valence-corrected chi connectivity index (χ3v) is 1.33. The second kappa shape index (κ2) is 4.95. The fraction of sp³-hybridized carbons (Fsp3) is 0. The summed E-state index contributed by atoms with van der Waals surface area (Å²) >= 11 is 0. The smallest absolute Gasteiger partial charge is 0.545 e. The molecule has 1 rings (SSSR count). The molecule has 1 aromatic carbocycles. The molecule has 0 aliphatic carbocycles. The number of rotatable bonds is 2. The SMILES string of the molecule is O=C([O-])c1cccc(C(=O)[O-])c1.[Cd+2]. The van der Waals surface area contributed by atoms with Crippen LogP contribution >= 0.6 is 0 Å². The van der Waals surface area contributed by atoms with Crippen molar-refractivity contribution in [2.24, 2.45) is 0 Å². The molecule has 0 fully saturated rings. The molecule has 0 bridgehead atoms. The maximum atomic E-state index is 10.3. The standard InChI is InChI=1S/C8H6O4.Cd/c9-7(10)5-2-1-3-6(4-5)8(11)12;/h1-4H,(H,9,10)(H,11,12);/q;+2/p-2. The van der Waals surface area contributed by atoms with Crippen LogP contribution in [0.3, 0.4) is 0 Å². The minimum Gasteiger partial charge on any atom is -0.545 e. The van der Waals surface area contributed by atoms with Crippen LogP contribution in [0.2, 0.25) is 0 Å². The van der Waals surface area contributed by atoms with E-state index in [1.807, 2.05) is 0 Å². The van der Waals surface area contributed by atoms with Crippen LogP contribution in [0, 0.1) is 0 Å². The van der Waals surface area contributed by atoms with Gasteiger partial charge in [0.25, 0.3) is 0 Å². The van der Waals surface area contributed by atoms with Crippen molar-refractivity contribution in [1.29, 1.82) is 0 Å². The molecule has 4 nitrogen and oxygen atoms in total. The van der Waals surface area contributed by atoms with E-state index in [0.29, 0.717) is 0 Å². The Bertz CT molecular complexity index is 305. The Morgan fingerprint density at radius 1 is 1.00 bits per heavy atom. The first-order chi connectivity index (χ1) is 5.61. The van der Waals surface area contributed by atoms with Crippen LogP contribution in [-0.4, -0.2) is 11.9 Å². The van der Waals surface area contributed by atoms with Crippen molar-refractivity contribution < 1.29 is 47.1 Å². The number of carbonyl (C=O) groups is 2. The third kappa shape index (κ3) is 3.13. The molecule has 0 spiro atoms. The zero-order valence-electron chi connectivity index (χ0n) is 6.65. The zero-order valence-corrected chi connectivity index (χ0v) is 10.7. The Morgan fingerprint density at radius 3 is 1.69 bits per heavy atom. The molecular formula is C8H4CdO4. The quantitative estimate of drug-likeness (QED) is 0.610. The predicted molar refractivity (Wildman–Crippen MR) is 35.1 cm³/mol. The Balaban J connectivity index is 0.00000144. The van der Waals surface area contributed by atoms with Gasteiger partial charge in [-0.25, -0.2) is 0 Å². The first-order valence-corrected chi connectivity index (χ1v) is 3.14. The number of aromatic carboxylic acids is 2. The monoisotopic (exact) mass is 278 g/mol. The second-order valence-corrected chi connectivity index (χ2v) is 2.16. The largest absolute Gasteiger partial charge is 2.00 e. The van der Waals surface area contributed by atoms with E-state index in [2.05, 4.69) is 0 Å². The summed E-state index contributed by atoms with van der Waals surface area (Å²) in [5, 5.41) is 20.5. The molecule has 0 saturated carbocycles. The minimum absolute atomic E-state index is 0. The molecule has 0 N–H and O–H groups in total. The van der Waals surface area contributed by atoms with Crippen LogP contribution in [0.5, 0.6) is 0 Å². The molecule has 0 unspecified atom stereocenters. The van der Waals surface area contributed by atoms with E-state index in [-0.39, 0.29) is 38.4 Å². The van der Waals surface area contributed by atoms with E-state index in [1.165, 1.54) is 18.2 Å². The summed E-state index contributed by atoms with van der Waals surface area (Å²) in [5.41, 5.74) is -0.339. The molecule has 0 amide bonds. The molecule has 13 heavy (non-hydrogen) atoms. The van der Waals surface area contributed by atoms with Gasteiger partial charge in [0.15, 0.2) is 0 Å². The fourth-order valence-corrected chi connectivity index (χ4v) is 0.773. The fourth-order valence-electron chi connectivity index (χ4n) is 0.773. The van der Waals surface area contributed by atoms with E-state index in [4.69, 9.17) is 0 Å². The minimum atomic E-state index is -1.40. The summed E-state index contributed by atoms with van der Waals surface area (Å²) in [6.45, 7) is 0. The maximum Gasteiger partial charge on any atom is 2.00 e. The Morgan fingerprint density at radius 2 is 1.38 bits per heavy atom. The van der Waals surface area contributed by atoms with Crippen LogP contribution in [0.25, 0.3) is 0 Å². The summed E-state index contributed by atoms with van der Waals surface area (Å²) in [6.07, 6.45) is 0. The number of carboxylic acid groups (broad SMARTS) is 2. The van der Waals surface area contributed by atoms with E-state index < -0.39 is 11.9 Å². The van der Waals surface area contributed by atoms with Gasteiger partial charge in [-0.3, -0.25) is 0 Å². The number of hydrogen-bond acceptors (Lipinski definition) is 4. The van der Waals surface area contributed by atoms with Crippen molar-refractivity contribution in [2.45, 2.75) is 0 Å². The molecule has 62 valence electrons. The van der Waals surface area contributed by atoms with E-state index in [1.54, 1.807) is 0 Å². The van der Waals surface area contributed by atoms with Gasteiger partial charge in [-0.05, 0) is 17.2 Å². The van der Waals surface area contributed by atoms with Crippen molar-refractivity contribution in [2.75, 3.05) is 0 Å². The number of hydrogen-bond donors (Lipinski definition) is 0. The van der Waals surface area contributed by atoms with Crippen molar-refractivity contribution in [3.05, 3.63) is 35.4 Å². The molecule has 0 saturated heterocycles. The van der Waals surface area contributed by atoms with Crippen molar-refractivity contribution in [1.82, 2.24) is 0 Å². The summed E-state index contributed by atoms with van der Waals surface area (Å²) in [7, 11) is 0. The Labute approximate surface area is 94.4 Å². The summed E-state index contributed by atoms with van der Waals surface area (Å²) in [4.78, 5) is 20.5. The third-order valence-electron chi connectivity index (χ3n) is 1.33. The van der Waals surface area contributed by atoms with E-state index in [0.717, 1.165) is 6.07 Å². The first-order valence-electron chi connectivity index (χ1n) is 3.14. The molecular weight excluding hydrogens is 272 g/mol. The summed E-state index contributed by atoms with van der Waals surface area (Å²) in [6, 6.07) is 4.81. The van der Waals surface area contributed by atoms with Gasteiger partial charge in [0.2, 0.25) is 0 Å². The second-order valence-electron chi connectivity index (χ2n) is 2.16. The molecule has 0 heterocycles. The van der Waals surface area contributed by atoms with Crippen molar-refractivity contribution >= 4 is 11.9 Å².